The van der Waals surface area contributed by atoms with Crippen molar-refractivity contribution in [2.24, 2.45) is 0 Å². The molecule has 0 fully saturated rings. The molecule has 0 bridgehead atoms. The molecule has 0 spiro atoms. The van der Waals surface area contributed by atoms with Crippen LogP contribution in [0.3, 0.4) is 0 Å². The highest BCUT2D eigenvalue weighted by Crippen LogP contribution is 2.47. The number of hydrogen-bond acceptors (Lipinski definition) is 9. The van der Waals surface area contributed by atoms with E-state index in [0.717, 1.165) is 6.07 Å². The molecular weight excluding hydrogens is 408 g/mol. The zero-order chi connectivity index (χ0) is 22.0. The first-order valence-corrected chi connectivity index (χ1v) is 9.28. The highest BCUT2D eigenvalue weighted by molar-refractivity contribution is 6.09. The van der Waals surface area contributed by atoms with Gasteiger partial charge in [0.1, 0.15) is 23.2 Å². The van der Waals surface area contributed by atoms with E-state index >= 15 is 0 Å². The number of fused-ring (bicyclic) bond motifs is 5. The van der Waals surface area contributed by atoms with Gasteiger partial charge in [-0.25, -0.2) is 4.79 Å². The van der Waals surface area contributed by atoms with Gasteiger partial charge in [0.05, 0.1) is 16.9 Å². The van der Waals surface area contributed by atoms with Crippen LogP contribution in [0, 0.1) is 0 Å². The van der Waals surface area contributed by atoms with Gasteiger partial charge in [-0.15, -0.1) is 0 Å². The van der Waals surface area contributed by atoms with E-state index in [0.29, 0.717) is 5.56 Å². The van der Waals surface area contributed by atoms with Gasteiger partial charge >= 0.3 is 5.63 Å². The summed E-state index contributed by atoms with van der Waals surface area (Å²) < 4.78 is 11.3. The molecule has 1 aliphatic rings. The molecule has 0 aliphatic carbocycles. The molecule has 9 nitrogen and oxygen atoms in total. The number of hydrogen-bond donors (Lipinski definition) is 6. The van der Waals surface area contributed by atoms with E-state index in [1.54, 1.807) is 0 Å². The van der Waals surface area contributed by atoms with Gasteiger partial charge in [-0.05, 0) is 29.8 Å². The van der Waals surface area contributed by atoms with Crippen LogP contribution < -0.4 is 10.4 Å². The number of phenols is 5. The molecule has 0 amide bonds. The maximum Gasteiger partial charge on any atom is 0.344 e. The third-order valence-electron chi connectivity index (χ3n) is 5.47. The first-order chi connectivity index (χ1) is 14.7. The number of benzene rings is 3. The summed E-state index contributed by atoms with van der Waals surface area (Å²) in [5.74, 6) is -1.81. The van der Waals surface area contributed by atoms with Crippen molar-refractivity contribution in [1.29, 1.82) is 0 Å². The molecule has 31 heavy (non-hydrogen) atoms. The maximum atomic E-state index is 12.4. The van der Waals surface area contributed by atoms with Gasteiger partial charge in [0.2, 0.25) is 0 Å². The summed E-state index contributed by atoms with van der Waals surface area (Å²) in [6.07, 6.45) is -2.09. The van der Waals surface area contributed by atoms with Gasteiger partial charge in [0.15, 0.2) is 23.0 Å². The fourth-order valence-corrected chi connectivity index (χ4v) is 3.96. The van der Waals surface area contributed by atoms with Crippen LogP contribution in [0.15, 0.2) is 45.6 Å². The van der Waals surface area contributed by atoms with Crippen molar-refractivity contribution in [3.8, 4) is 34.5 Å². The van der Waals surface area contributed by atoms with Crippen LogP contribution in [0.2, 0.25) is 0 Å². The maximum absolute atomic E-state index is 12.4. The Labute approximate surface area is 173 Å². The molecule has 0 saturated heterocycles. The molecule has 1 aromatic heterocycles. The minimum Gasteiger partial charge on any atom is -0.507 e. The van der Waals surface area contributed by atoms with E-state index in [4.69, 9.17) is 9.15 Å². The van der Waals surface area contributed by atoms with E-state index in [9.17, 15) is 35.4 Å². The molecule has 3 aromatic carbocycles. The predicted molar refractivity (Wildman–Crippen MR) is 108 cm³/mol. The number of aliphatic hydroxyl groups excluding tert-OH is 1. The standard InChI is InChI=1S/C22H16O9/c23-12-2-1-8(3-14(12)25)20-17(28)6-11-13(24)7-18-19(21(11)31-20)9-4-15(26)16(27)5-10(9)22(29)30-18/h1-5,7,17,20,23-28H,6H2/t17-,20+/m0/s1. The van der Waals surface area contributed by atoms with E-state index < -0.39 is 35.1 Å². The lowest BCUT2D eigenvalue weighted by Gasteiger charge is -2.32. The summed E-state index contributed by atoms with van der Waals surface area (Å²) in [7, 11) is 0. The molecule has 0 radical (unpaired) electrons. The number of rotatable bonds is 1. The molecule has 4 aromatic rings. The molecule has 0 saturated carbocycles. The van der Waals surface area contributed by atoms with E-state index in [1.807, 2.05) is 0 Å². The second-order valence-corrected chi connectivity index (χ2v) is 7.41. The molecule has 5 rings (SSSR count). The zero-order valence-corrected chi connectivity index (χ0v) is 15.7. The van der Waals surface area contributed by atoms with Gasteiger partial charge in [-0.2, -0.15) is 0 Å². The molecule has 2 atom stereocenters. The van der Waals surface area contributed by atoms with Crippen LogP contribution in [0.4, 0.5) is 0 Å². The first kappa shape index (κ1) is 18.9. The van der Waals surface area contributed by atoms with Crippen molar-refractivity contribution in [3.63, 3.8) is 0 Å². The summed E-state index contributed by atoms with van der Waals surface area (Å²) >= 11 is 0. The van der Waals surface area contributed by atoms with E-state index in [-0.39, 0.29) is 51.0 Å². The Bertz CT molecular complexity index is 1440. The minimum absolute atomic E-state index is 0.00996. The lowest BCUT2D eigenvalue weighted by Crippen LogP contribution is -2.30. The summed E-state index contributed by atoms with van der Waals surface area (Å²) in [5.41, 5.74) is -0.162. The molecule has 6 N–H and O–H groups in total. The summed E-state index contributed by atoms with van der Waals surface area (Å²) in [6.45, 7) is 0. The summed E-state index contributed by atoms with van der Waals surface area (Å²) in [4.78, 5) is 12.4. The Balaban J connectivity index is 1.80. The van der Waals surface area contributed by atoms with Crippen molar-refractivity contribution in [3.05, 3.63) is 57.9 Å². The van der Waals surface area contributed by atoms with Crippen molar-refractivity contribution >= 4 is 21.7 Å². The van der Waals surface area contributed by atoms with Crippen molar-refractivity contribution in [1.82, 2.24) is 0 Å². The van der Waals surface area contributed by atoms with Crippen molar-refractivity contribution < 1.29 is 39.8 Å². The molecule has 1 aliphatic heterocycles. The predicted octanol–water partition coefficient (Wildman–Crippen LogP) is 2.51. The normalized spacial score (nSPS) is 18.1. The SMILES string of the molecule is O=c1oc2cc(O)c3c(c2c2cc(O)c(O)cc12)O[C@H](c1ccc(O)c(O)c1)[C@@H](O)C3. The van der Waals surface area contributed by atoms with Crippen LogP contribution in [0.25, 0.3) is 21.7 Å². The van der Waals surface area contributed by atoms with Crippen LogP contribution in [-0.4, -0.2) is 36.7 Å². The Kier molecular flexibility index (Phi) is 3.93. The topological polar surface area (TPSA) is 161 Å². The largest absolute Gasteiger partial charge is 0.507 e. The van der Waals surface area contributed by atoms with Gasteiger partial charge < -0.3 is 39.8 Å². The number of phenolic OH excluding ortho intramolecular Hbond substituents is 5. The fraction of sp³-hybridized carbons (Fsp3) is 0.136. The van der Waals surface area contributed by atoms with E-state index in [1.165, 1.54) is 30.3 Å². The Morgan fingerprint density at radius 2 is 1.48 bits per heavy atom. The Morgan fingerprint density at radius 3 is 2.19 bits per heavy atom. The summed E-state index contributed by atoms with van der Waals surface area (Å²) in [6, 6.07) is 7.47. The van der Waals surface area contributed by atoms with Gasteiger partial charge in [0, 0.05) is 23.4 Å². The van der Waals surface area contributed by atoms with Gasteiger partial charge in [0.25, 0.3) is 0 Å². The fourth-order valence-electron chi connectivity index (χ4n) is 3.96. The Morgan fingerprint density at radius 1 is 0.806 bits per heavy atom. The average Bonchev–Trinajstić information content (AvgIpc) is 2.72. The third-order valence-corrected chi connectivity index (χ3v) is 5.47. The second kappa shape index (κ2) is 6.44. The highest BCUT2D eigenvalue weighted by atomic mass is 16.5. The monoisotopic (exact) mass is 424 g/mol. The van der Waals surface area contributed by atoms with Crippen LogP contribution in [-0.2, 0) is 6.42 Å². The molecule has 0 unspecified atom stereocenters. The Hall–Kier alpha value is -4.11. The summed E-state index contributed by atoms with van der Waals surface area (Å²) in [5, 5.41) is 60.7. The number of aromatic hydroxyl groups is 5. The third kappa shape index (κ3) is 2.78. The lowest BCUT2D eigenvalue weighted by molar-refractivity contribution is 0.0211. The van der Waals surface area contributed by atoms with Crippen LogP contribution >= 0.6 is 0 Å². The smallest absolute Gasteiger partial charge is 0.344 e. The highest BCUT2D eigenvalue weighted by Gasteiger charge is 2.34. The lowest BCUT2D eigenvalue weighted by atomic mass is 9.91. The van der Waals surface area contributed by atoms with Crippen LogP contribution in [0.5, 0.6) is 34.5 Å². The van der Waals surface area contributed by atoms with Gasteiger partial charge in [-0.3, -0.25) is 0 Å². The molecule has 2 heterocycles. The number of ether oxygens (including phenoxy) is 1. The van der Waals surface area contributed by atoms with Crippen molar-refractivity contribution in [2.75, 3.05) is 0 Å². The van der Waals surface area contributed by atoms with E-state index in [2.05, 4.69) is 0 Å². The zero-order valence-electron chi connectivity index (χ0n) is 15.7. The molecular formula is C22H16O9. The molecule has 158 valence electrons. The first-order valence-electron chi connectivity index (χ1n) is 9.28. The molecule has 9 heteroatoms. The van der Waals surface area contributed by atoms with Crippen molar-refractivity contribution in [2.45, 2.75) is 18.6 Å². The average molecular weight is 424 g/mol. The second-order valence-electron chi connectivity index (χ2n) is 7.41. The number of aliphatic hydroxyl groups is 1. The van der Waals surface area contributed by atoms with Gasteiger partial charge in [-0.1, -0.05) is 6.07 Å². The minimum atomic E-state index is -1.10. The van der Waals surface area contributed by atoms with Crippen LogP contribution in [0.1, 0.15) is 17.2 Å². The quantitative estimate of drug-likeness (QED) is 0.153.